The van der Waals surface area contributed by atoms with Crippen molar-refractivity contribution >= 4 is 34.5 Å². The summed E-state index contributed by atoms with van der Waals surface area (Å²) in [5.74, 6) is -8.66. The van der Waals surface area contributed by atoms with Crippen LogP contribution in [0.5, 0.6) is 5.75 Å². The van der Waals surface area contributed by atoms with E-state index in [1.165, 1.54) is 0 Å². The maximum Gasteiger partial charge on any atom is 0.190 e. The monoisotopic (exact) mass is 560 g/mol. The number of ketones is 5. The number of benzene rings is 1. The van der Waals surface area contributed by atoms with Crippen molar-refractivity contribution in [3.8, 4) is 5.75 Å². The van der Waals surface area contributed by atoms with Gasteiger partial charge >= 0.3 is 0 Å². The van der Waals surface area contributed by atoms with Crippen molar-refractivity contribution in [2.45, 2.75) is 86.2 Å². The Balaban J connectivity index is 1.75. The van der Waals surface area contributed by atoms with Crippen molar-refractivity contribution in [2.24, 2.45) is 34.5 Å². The third-order valence-corrected chi connectivity index (χ3v) is 10.4. The van der Waals surface area contributed by atoms with Crippen molar-refractivity contribution < 1.29 is 34.2 Å². The second kappa shape index (κ2) is 9.15. The Bertz CT molecular complexity index is 1510. The predicted molar refractivity (Wildman–Crippen MR) is 153 cm³/mol. The average Bonchev–Trinajstić information content (AvgIpc) is 3.26. The van der Waals surface area contributed by atoms with Gasteiger partial charge in [0, 0.05) is 16.9 Å². The number of hydrogen-bond donors (Lipinski definition) is 2. The molecule has 7 heteroatoms. The topological polar surface area (TPSA) is 126 Å². The molecule has 1 aromatic carbocycles. The Labute approximate surface area is 241 Å². The summed E-state index contributed by atoms with van der Waals surface area (Å²) in [4.78, 5) is 69.0. The molecule has 2 saturated carbocycles. The lowest BCUT2D eigenvalue weighted by atomic mass is 9.39. The molecular weight excluding hydrogens is 520 g/mol. The summed E-state index contributed by atoms with van der Waals surface area (Å²) in [6.07, 6.45) is 4.83. The standard InChI is InChI=1S/C34H40O7/c1-15(2)20-12-21(19-10-9-17(5)11-19)27(36)24-22(20)13-32(7)14-33(8)25(16(3)4)28(37)23(18(6)35)30(39)34(33,41)31(40)26(32)29(24)38/h9-10,12,15-16,23,25-26,36,41H,11,13-14H2,1-8H3/t23?,25?,26?,32-,33-,34+/m1/s1. The molecule has 218 valence electrons. The second-order valence-corrected chi connectivity index (χ2v) is 14.1. The van der Waals surface area contributed by atoms with Crippen LogP contribution in [0, 0.1) is 34.5 Å². The number of carbonyl (C=O) groups excluding carboxylic acids is 5. The fourth-order valence-electron chi connectivity index (χ4n) is 8.84. The normalized spacial score (nSPS) is 34.9. The molecule has 7 nitrogen and oxygen atoms in total. The zero-order valence-electron chi connectivity index (χ0n) is 25.2. The number of carbonyl (C=O) groups is 5. The van der Waals surface area contributed by atoms with E-state index < -0.39 is 63.1 Å². The van der Waals surface area contributed by atoms with E-state index in [-0.39, 0.29) is 36.0 Å². The molecular formula is C34H40O7. The first-order valence-corrected chi connectivity index (χ1v) is 14.6. The van der Waals surface area contributed by atoms with Crippen LogP contribution in [0.1, 0.15) is 101 Å². The highest BCUT2D eigenvalue weighted by Crippen LogP contribution is 2.64. The maximum absolute atomic E-state index is 14.5. The summed E-state index contributed by atoms with van der Waals surface area (Å²) in [7, 11) is 0. The van der Waals surface area contributed by atoms with E-state index in [4.69, 9.17) is 0 Å². The number of rotatable bonds is 4. The lowest BCUT2D eigenvalue weighted by Crippen LogP contribution is -2.76. The van der Waals surface area contributed by atoms with Gasteiger partial charge in [0.15, 0.2) is 28.7 Å². The Morgan fingerprint density at radius 3 is 2.17 bits per heavy atom. The van der Waals surface area contributed by atoms with Crippen molar-refractivity contribution in [3.05, 3.63) is 46.0 Å². The highest BCUT2D eigenvalue weighted by molar-refractivity contribution is 6.32. The van der Waals surface area contributed by atoms with E-state index in [1.807, 2.05) is 45.9 Å². The van der Waals surface area contributed by atoms with E-state index in [2.05, 4.69) is 0 Å². The van der Waals surface area contributed by atoms with E-state index in [0.717, 1.165) is 23.6 Å². The summed E-state index contributed by atoms with van der Waals surface area (Å²) >= 11 is 0. The lowest BCUT2D eigenvalue weighted by molar-refractivity contribution is -0.205. The molecule has 0 amide bonds. The molecule has 0 spiro atoms. The van der Waals surface area contributed by atoms with Gasteiger partial charge in [-0.1, -0.05) is 59.3 Å². The van der Waals surface area contributed by atoms with Crippen LogP contribution in [0.3, 0.4) is 0 Å². The lowest BCUT2D eigenvalue weighted by Gasteiger charge is -2.62. The van der Waals surface area contributed by atoms with Crippen LogP contribution in [0.25, 0.3) is 5.57 Å². The summed E-state index contributed by atoms with van der Waals surface area (Å²) in [5.41, 5.74) is -1.05. The number of phenolic OH excluding ortho intramolecular Hbond substituents is 1. The van der Waals surface area contributed by atoms with Gasteiger partial charge in [-0.15, -0.1) is 0 Å². The second-order valence-electron chi connectivity index (χ2n) is 14.1. The van der Waals surface area contributed by atoms with Crippen LogP contribution < -0.4 is 0 Å². The Hall–Kier alpha value is -3.19. The van der Waals surface area contributed by atoms with Gasteiger partial charge in [-0.25, -0.2) is 0 Å². The number of fused-ring (bicyclic) bond motifs is 3. The van der Waals surface area contributed by atoms with E-state index in [0.29, 0.717) is 17.5 Å². The molecule has 4 aliphatic rings. The molecule has 2 fully saturated rings. The molecule has 3 unspecified atom stereocenters. The number of aliphatic hydroxyl groups is 1. The van der Waals surface area contributed by atoms with Gasteiger partial charge in [-0.2, -0.15) is 0 Å². The fraction of sp³-hybridized carbons (Fsp3) is 0.559. The fourth-order valence-corrected chi connectivity index (χ4v) is 8.84. The van der Waals surface area contributed by atoms with Crippen molar-refractivity contribution in [1.29, 1.82) is 0 Å². The minimum atomic E-state index is -2.69. The summed E-state index contributed by atoms with van der Waals surface area (Å²) in [5, 5.41) is 23.8. The molecule has 5 rings (SSSR count). The average molecular weight is 561 g/mol. The van der Waals surface area contributed by atoms with Gasteiger partial charge in [0.2, 0.25) is 0 Å². The number of hydrogen-bond acceptors (Lipinski definition) is 7. The molecule has 0 radical (unpaired) electrons. The molecule has 0 aliphatic heterocycles. The van der Waals surface area contributed by atoms with Gasteiger partial charge in [-0.3, -0.25) is 24.0 Å². The highest BCUT2D eigenvalue weighted by atomic mass is 16.3. The van der Waals surface area contributed by atoms with Crippen LogP contribution in [-0.2, 0) is 25.6 Å². The van der Waals surface area contributed by atoms with E-state index in [1.54, 1.807) is 20.8 Å². The van der Waals surface area contributed by atoms with E-state index in [9.17, 15) is 34.2 Å². The SMILES string of the molecule is CC(=O)C1C(=O)C(C(C)C)[C@@]2(C)C[C@@]3(C)Cc4c(C(C)C)cc(C5=CC=C(C)C5)c(O)c4C(=O)C3C(=O)[C@@]2(O)C1=O. The molecule has 6 atom stereocenters. The van der Waals surface area contributed by atoms with Crippen LogP contribution in [-0.4, -0.2) is 44.7 Å². The molecule has 4 aliphatic carbocycles. The van der Waals surface area contributed by atoms with Crippen LogP contribution in [0.15, 0.2) is 23.8 Å². The Kier molecular flexibility index (Phi) is 6.54. The molecule has 1 aromatic rings. The van der Waals surface area contributed by atoms with Crippen LogP contribution in [0.4, 0.5) is 0 Å². The zero-order valence-corrected chi connectivity index (χ0v) is 25.2. The van der Waals surface area contributed by atoms with Gasteiger partial charge in [0.05, 0.1) is 11.5 Å². The van der Waals surface area contributed by atoms with Crippen LogP contribution >= 0.6 is 0 Å². The smallest absolute Gasteiger partial charge is 0.190 e. The first kappa shape index (κ1) is 29.3. The number of phenols is 1. The Morgan fingerprint density at radius 1 is 1.02 bits per heavy atom. The number of Topliss-reactive ketones (excluding diaryl/α,β-unsaturated/α-hetero) is 5. The first-order chi connectivity index (χ1) is 18.9. The molecule has 0 heterocycles. The van der Waals surface area contributed by atoms with Gasteiger partial charge in [0.25, 0.3) is 0 Å². The molecule has 41 heavy (non-hydrogen) atoms. The molecule has 0 bridgehead atoms. The molecule has 0 saturated heterocycles. The summed E-state index contributed by atoms with van der Waals surface area (Å²) < 4.78 is 0. The minimum Gasteiger partial charge on any atom is -0.507 e. The van der Waals surface area contributed by atoms with Crippen molar-refractivity contribution in [3.63, 3.8) is 0 Å². The van der Waals surface area contributed by atoms with Gasteiger partial charge in [0.1, 0.15) is 17.5 Å². The van der Waals surface area contributed by atoms with Crippen molar-refractivity contribution in [2.75, 3.05) is 0 Å². The highest BCUT2D eigenvalue weighted by Gasteiger charge is 2.76. The number of aromatic hydroxyl groups is 1. The summed E-state index contributed by atoms with van der Waals surface area (Å²) in [6, 6.07) is 1.94. The van der Waals surface area contributed by atoms with E-state index >= 15 is 0 Å². The quantitative estimate of drug-likeness (QED) is 0.499. The number of allylic oxidation sites excluding steroid dienone is 4. The summed E-state index contributed by atoms with van der Waals surface area (Å²) in [6.45, 7) is 14.1. The predicted octanol–water partition coefficient (Wildman–Crippen LogP) is 4.95. The molecule has 2 N–H and O–H groups in total. The largest absolute Gasteiger partial charge is 0.507 e. The maximum atomic E-state index is 14.5. The van der Waals surface area contributed by atoms with Crippen LogP contribution in [0.2, 0.25) is 0 Å². The first-order valence-electron chi connectivity index (χ1n) is 14.6. The molecule has 0 aromatic heterocycles. The third-order valence-electron chi connectivity index (χ3n) is 10.4. The van der Waals surface area contributed by atoms with Gasteiger partial charge in [-0.05, 0) is 73.1 Å². The van der Waals surface area contributed by atoms with Crippen molar-refractivity contribution in [1.82, 2.24) is 0 Å². The minimum absolute atomic E-state index is 0.0106. The Morgan fingerprint density at radius 2 is 1.66 bits per heavy atom. The third kappa shape index (κ3) is 3.70. The van der Waals surface area contributed by atoms with Gasteiger partial charge < -0.3 is 10.2 Å². The zero-order chi connectivity index (χ0) is 30.6.